The van der Waals surface area contributed by atoms with E-state index in [1.54, 1.807) is 29.7 Å². The number of benzene rings is 1. The predicted molar refractivity (Wildman–Crippen MR) is 72.5 cm³/mol. The lowest BCUT2D eigenvalue weighted by Gasteiger charge is -2.07. The summed E-state index contributed by atoms with van der Waals surface area (Å²) in [5, 5.41) is 3.13. The second kappa shape index (κ2) is 4.54. The Kier molecular flexibility index (Phi) is 2.74. The first-order chi connectivity index (χ1) is 8.86. The van der Waals surface area contributed by atoms with Gasteiger partial charge in [0.05, 0.1) is 21.3 Å². The Bertz CT molecular complexity index is 708. The van der Waals surface area contributed by atoms with Gasteiger partial charge in [0.25, 0.3) is 0 Å². The molecule has 88 valence electrons. The van der Waals surface area contributed by atoms with Crippen molar-refractivity contribution in [1.29, 1.82) is 0 Å². The fourth-order valence-electron chi connectivity index (χ4n) is 1.69. The van der Waals surface area contributed by atoms with Crippen molar-refractivity contribution in [2.45, 2.75) is 0 Å². The number of carbonyl (C=O) groups excluding carboxylic acids is 1. The van der Waals surface area contributed by atoms with Crippen molar-refractivity contribution < 1.29 is 4.79 Å². The lowest BCUT2D eigenvalue weighted by molar-refractivity contribution is 0.112. The minimum Gasteiger partial charge on any atom is -0.340 e. The molecule has 0 aliphatic rings. The zero-order valence-electron chi connectivity index (χ0n) is 9.33. The van der Waals surface area contributed by atoms with E-state index in [0.717, 1.165) is 22.2 Å². The molecule has 0 atom stereocenters. The van der Waals surface area contributed by atoms with E-state index in [2.05, 4.69) is 15.3 Å². The van der Waals surface area contributed by atoms with E-state index in [1.807, 2.05) is 23.7 Å². The third kappa shape index (κ3) is 1.96. The van der Waals surface area contributed by atoms with Crippen molar-refractivity contribution in [3.8, 4) is 0 Å². The molecule has 0 radical (unpaired) electrons. The molecule has 18 heavy (non-hydrogen) atoms. The van der Waals surface area contributed by atoms with Gasteiger partial charge in [-0.25, -0.2) is 9.97 Å². The summed E-state index contributed by atoms with van der Waals surface area (Å²) in [5.74, 6) is 0.557. The van der Waals surface area contributed by atoms with E-state index >= 15 is 0 Å². The third-order valence-corrected chi connectivity index (χ3v) is 3.37. The number of hydrogen-bond acceptors (Lipinski definition) is 5. The molecule has 0 aliphatic heterocycles. The molecule has 0 spiro atoms. The molecule has 1 aromatic carbocycles. The van der Waals surface area contributed by atoms with Gasteiger partial charge in [0, 0.05) is 11.9 Å². The smallest absolute Gasteiger partial charge is 0.153 e. The lowest BCUT2D eigenvalue weighted by atomic mass is 10.2. The van der Waals surface area contributed by atoms with E-state index in [0.29, 0.717) is 11.4 Å². The Balaban J connectivity index is 1.98. The zero-order chi connectivity index (χ0) is 12.4. The standard InChI is InChI=1S/C13H9N3OS/c17-7-9-2-1-5-14-13(9)16-10-3-4-12-11(6-10)15-8-18-12/h1-8H,(H,14,16). The number of nitrogens with zero attached hydrogens (tertiary/aromatic N) is 2. The molecule has 0 aliphatic carbocycles. The average Bonchev–Trinajstić information content (AvgIpc) is 2.87. The lowest BCUT2D eigenvalue weighted by Crippen LogP contribution is -1.97. The molecular weight excluding hydrogens is 246 g/mol. The van der Waals surface area contributed by atoms with Crippen molar-refractivity contribution in [3.05, 3.63) is 47.6 Å². The quantitative estimate of drug-likeness (QED) is 0.730. The van der Waals surface area contributed by atoms with Crippen LogP contribution >= 0.6 is 11.3 Å². The van der Waals surface area contributed by atoms with Crippen LogP contribution in [0.1, 0.15) is 10.4 Å². The summed E-state index contributed by atoms with van der Waals surface area (Å²) in [6.07, 6.45) is 2.44. The second-order valence-corrected chi connectivity index (χ2v) is 4.61. The molecule has 0 amide bonds. The Labute approximate surface area is 107 Å². The van der Waals surface area contributed by atoms with Crippen LogP contribution in [0.15, 0.2) is 42.0 Å². The first-order valence-corrected chi connectivity index (χ1v) is 6.25. The van der Waals surface area contributed by atoms with E-state index in [4.69, 9.17) is 0 Å². The topological polar surface area (TPSA) is 54.9 Å². The van der Waals surface area contributed by atoms with Gasteiger partial charge in [-0.15, -0.1) is 11.3 Å². The van der Waals surface area contributed by atoms with Crippen molar-refractivity contribution in [3.63, 3.8) is 0 Å². The Morgan fingerprint density at radius 2 is 2.17 bits per heavy atom. The summed E-state index contributed by atoms with van der Waals surface area (Å²) in [7, 11) is 0. The molecule has 0 saturated heterocycles. The summed E-state index contributed by atoms with van der Waals surface area (Å²) < 4.78 is 1.14. The van der Waals surface area contributed by atoms with Gasteiger partial charge in [0.1, 0.15) is 5.82 Å². The molecule has 0 unspecified atom stereocenters. The van der Waals surface area contributed by atoms with Crippen LogP contribution in [0.4, 0.5) is 11.5 Å². The van der Waals surface area contributed by atoms with Crippen LogP contribution in [0.3, 0.4) is 0 Å². The second-order valence-electron chi connectivity index (χ2n) is 3.72. The Morgan fingerprint density at radius 1 is 1.22 bits per heavy atom. The molecule has 4 nitrogen and oxygen atoms in total. The summed E-state index contributed by atoms with van der Waals surface area (Å²) >= 11 is 1.60. The van der Waals surface area contributed by atoms with E-state index < -0.39 is 0 Å². The third-order valence-electron chi connectivity index (χ3n) is 2.56. The van der Waals surface area contributed by atoms with E-state index in [1.165, 1.54) is 0 Å². The first kappa shape index (κ1) is 10.9. The zero-order valence-corrected chi connectivity index (χ0v) is 10.1. The predicted octanol–water partition coefficient (Wildman–Crippen LogP) is 3.25. The summed E-state index contributed by atoms with van der Waals surface area (Å²) in [6.45, 7) is 0. The number of nitrogens with one attached hydrogen (secondary N) is 1. The number of anilines is 2. The summed E-state index contributed by atoms with van der Waals surface area (Å²) in [5.41, 5.74) is 4.16. The summed E-state index contributed by atoms with van der Waals surface area (Å²) in [6, 6.07) is 9.35. The number of aromatic nitrogens is 2. The highest BCUT2D eigenvalue weighted by Gasteiger charge is 2.04. The highest BCUT2D eigenvalue weighted by atomic mass is 32.1. The highest BCUT2D eigenvalue weighted by Crippen LogP contribution is 2.24. The normalized spacial score (nSPS) is 10.4. The number of pyridine rings is 1. The fraction of sp³-hybridized carbons (Fsp3) is 0. The number of aldehydes is 1. The maximum absolute atomic E-state index is 10.9. The van der Waals surface area contributed by atoms with Gasteiger partial charge in [0.2, 0.25) is 0 Å². The van der Waals surface area contributed by atoms with Crippen molar-refractivity contribution in [2.75, 3.05) is 5.32 Å². The van der Waals surface area contributed by atoms with Gasteiger partial charge >= 0.3 is 0 Å². The number of carbonyl (C=O) groups is 1. The van der Waals surface area contributed by atoms with Gasteiger partial charge in [-0.05, 0) is 30.3 Å². The van der Waals surface area contributed by atoms with Gasteiger partial charge in [-0.3, -0.25) is 4.79 Å². The van der Waals surface area contributed by atoms with Crippen molar-refractivity contribution in [1.82, 2.24) is 9.97 Å². The monoisotopic (exact) mass is 255 g/mol. The van der Waals surface area contributed by atoms with Gasteiger partial charge in [0.15, 0.2) is 6.29 Å². The molecule has 2 aromatic heterocycles. The maximum atomic E-state index is 10.9. The first-order valence-electron chi connectivity index (χ1n) is 5.37. The van der Waals surface area contributed by atoms with Crippen LogP contribution in [0.5, 0.6) is 0 Å². The minimum absolute atomic E-state index is 0.538. The van der Waals surface area contributed by atoms with Crippen LogP contribution in [0.2, 0.25) is 0 Å². The van der Waals surface area contributed by atoms with E-state index in [-0.39, 0.29) is 0 Å². The van der Waals surface area contributed by atoms with Crippen LogP contribution < -0.4 is 5.32 Å². The van der Waals surface area contributed by atoms with Crippen LogP contribution in [-0.2, 0) is 0 Å². The number of rotatable bonds is 3. The number of hydrogen-bond donors (Lipinski definition) is 1. The number of thiazole rings is 1. The van der Waals surface area contributed by atoms with Crippen molar-refractivity contribution >= 4 is 39.3 Å². The SMILES string of the molecule is O=Cc1cccnc1Nc1ccc2scnc2c1. The summed E-state index contributed by atoms with van der Waals surface area (Å²) in [4.78, 5) is 19.3. The molecular formula is C13H9N3OS. The molecule has 5 heteroatoms. The van der Waals surface area contributed by atoms with Gasteiger partial charge in [-0.2, -0.15) is 0 Å². The Hall–Kier alpha value is -2.27. The maximum Gasteiger partial charge on any atom is 0.153 e. The van der Waals surface area contributed by atoms with Crippen LogP contribution in [-0.4, -0.2) is 16.3 Å². The van der Waals surface area contributed by atoms with E-state index in [9.17, 15) is 4.79 Å². The molecule has 0 bridgehead atoms. The Morgan fingerprint density at radius 3 is 3.06 bits per heavy atom. The number of fused-ring (bicyclic) bond motifs is 1. The molecule has 1 N–H and O–H groups in total. The molecule has 3 aromatic rings. The minimum atomic E-state index is 0.538. The van der Waals surface area contributed by atoms with Crippen molar-refractivity contribution in [2.24, 2.45) is 0 Å². The van der Waals surface area contributed by atoms with Crippen LogP contribution in [0.25, 0.3) is 10.2 Å². The fourth-order valence-corrected chi connectivity index (χ4v) is 2.35. The molecule has 2 heterocycles. The molecule has 0 fully saturated rings. The largest absolute Gasteiger partial charge is 0.340 e. The highest BCUT2D eigenvalue weighted by molar-refractivity contribution is 7.16. The van der Waals surface area contributed by atoms with Gasteiger partial charge < -0.3 is 5.32 Å². The van der Waals surface area contributed by atoms with Gasteiger partial charge in [-0.1, -0.05) is 0 Å². The average molecular weight is 255 g/mol. The molecule has 3 rings (SSSR count). The molecule has 0 saturated carbocycles. The van der Waals surface area contributed by atoms with Crippen LogP contribution in [0, 0.1) is 0 Å².